The molecule has 0 amide bonds. The van der Waals surface area contributed by atoms with Crippen LogP contribution >= 0.6 is 0 Å². The van der Waals surface area contributed by atoms with Crippen molar-refractivity contribution in [2.45, 2.75) is 37.6 Å². The van der Waals surface area contributed by atoms with E-state index in [1.54, 1.807) is 12.1 Å². The van der Waals surface area contributed by atoms with Crippen molar-refractivity contribution in [3.05, 3.63) is 29.8 Å². The van der Waals surface area contributed by atoms with E-state index in [0.29, 0.717) is 0 Å². The summed E-state index contributed by atoms with van der Waals surface area (Å²) in [6, 6.07) is 6.80. The highest BCUT2D eigenvalue weighted by Crippen LogP contribution is 2.15. The van der Waals surface area contributed by atoms with Crippen LogP contribution in [0.1, 0.15) is 38.3 Å². The molecule has 0 saturated heterocycles. The van der Waals surface area contributed by atoms with Crippen LogP contribution in [-0.2, 0) is 14.8 Å². The summed E-state index contributed by atoms with van der Waals surface area (Å²) in [5.74, 6) is 0. The lowest BCUT2D eigenvalue weighted by atomic mass is 10.1. The molecule has 3 N–H and O–H groups in total. The van der Waals surface area contributed by atoms with Gasteiger partial charge < -0.3 is 10.1 Å². The van der Waals surface area contributed by atoms with Crippen LogP contribution in [0, 0.1) is 0 Å². The third kappa shape index (κ3) is 6.00. The van der Waals surface area contributed by atoms with E-state index in [4.69, 9.17) is 9.88 Å². The average molecular weight is 300 g/mol. The number of ether oxygens (including phenoxy) is 1. The first-order valence-corrected chi connectivity index (χ1v) is 8.43. The Morgan fingerprint density at radius 1 is 1.25 bits per heavy atom. The van der Waals surface area contributed by atoms with Crippen LogP contribution in [0.5, 0.6) is 0 Å². The largest absolute Gasteiger partial charge is 0.381 e. The quantitative estimate of drug-likeness (QED) is 0.681. The SMILES string of the molecule is CCCOCCCNC(C)c1ccc(S(N)(=O)=O)cc1. The smallest absolute Gasteiger partial charge is 0.238 e. The first kappa shape index (κ1) is 17.1. The van der Waals surface area contributed by atoms with Gasteiger partial charge in [-0.3, -0.25) is 0 Å². The Morgan fingerprint density at radius 3 is 2.45 bits per heavy atom. The van der Waals surface area contributed by atoms with Crippen molar-refractivity contribution in [1.82, 2.24) is 5.32 Å². The first-order valence-electron chi connectivity index (χ1n) is 6.89. The fraction of sp³-hybridized carbons (Fsp3) is 0.571. The summed E-state index contributed by atoms with van der Waals surface area (Å²) in [6.07, 6.45) is 2.00. The van der Waals surface area contributed by atoms with E-state index in [1.165, 1.54) is 12.1 Å². The average Bonchev–Trinajstić information content (AvgIpc) is 2.41. The van der Waals surface area contributed by atoms with E-state index >= 15 is 0 Å². The molecule has 114 valence electrons. The zero-order chi connectivity index (χ0) is 15.0. The summed E-state index contributed by atoms with van der Waals surface area (Å²) >= 11 is 0. The molecule has 1 aromatic rings. The van der Waals surface area contributed by atoms with Crippen molar-refractivity contribution in [1.29, 1.82) is 0 Å². The van der Waals surface area contributed by atoms with Crippen molar-refractivity contribution < 1.29 is 13.2 Å². The minimum Gasteiger partial charge on any atom is -0.381 e. The van der Waals surface area contributed by atoms with E-state index in [2.05, 4.69) is 12.2 Å². The zero-order valence-corrected chi connectivity index (χ0v) is 12.9. The Kier molecular flexibility index (Phi) is 7.15. The second kappa shape index (κ2) is 8.36. The number of benzene rings is 1. The molecule has 0 saturated carbocycles. The minimum absolute atomic E-state index is 0.140. The predicted octanol–water partition coefficient (Wildman–Crippen LogP) is 1.80. The summed E-state index contributed by atoms with van der Waals surface area (Å²) in [5, 5.41) is 8.44. The van der Waals surface area contributed by atoms with Gasteiger partial charge in [0.25, 0.3) is 0 Å². The lowest BCUT2D eigenvalue weighted by molar-refractivity contribution is 0.132. The Morgan fingerprint density at radius 2 is 1.90 bits per heavy atom. The predicted molar refractivity (Wildman–Crippen MR) is 80.0 cm³/mol. The van der Waals surface area contributed by atoms with Crippen molar-refractivity contribution >= 4 is 10.0 Å². The molecule has 0 fully saturated rings. The van der Waals surface area contributed by atoms with Gasteiger partial charge in [0.05, 0.1) is 4.90 Å². The molecule has 0 aliphatic heterocycles. The molecule has 0 aliphatic carbocycles. The molecule has 0 bridgehead atoms. The Labute approximate surface area is 121 Å². The Bertz CT molecular complexity index is 486. The number of hydrogen-bond acceptors (Lipinski definition) is 4. The van der Waals surface area contributed by atoms with Gasteiger partial charge in [-0.2, -0.15) is 0 Å². The van der Waals surface area contributed by atoms with Crippen LogP contribution in [-0.4, -0.2) is 28.2 Å². The van der Waals surface area contributed by atoms with Gasteiger partial charge in [-0.25, -0.2) is 13.6 Å². The van der Waals surface area contributed by atoms with Crippen LogP contribution in [0.15, 0.2) is 29.2 Å². The highest BCUT2D eigenvalue weighted by atomic mass is 32.2. The maximum atomic E-state index is 11.2. The van der Waals surface area contributed by atoms with Gasteiger partial charge in [-0.1, -0.05) is 19.1 Å². The molecular formula is C14H24N2O3S. The normalized spacial score (nSPS) is 13.3. The number of primary sulfonamides is 1. The van der Waals surface area contributed by atoms with Gasteiger partial charge >= 0.3 is 0 Å². The van der Waals surface area contributed by atoms with Crippen molar-refractivity contribution in [3.8, 4) is 0 Å². The third-order valence-electron chi connectivity index (χ3n) is 2.97. The molecule has 0 heterocycles. The van der Waals surface area contributed by atoms with Crippen LogP contribution in [0.4, 0.5) is 0 Å². The van der Waals surface area contributed by atoms with Gasteiger partial charge in [0.1, 0.15) is 0 Å². The van der Waals surface area contributed by atoms with Crippen LogP contribution in [0.3, 0.4) is 0 Å². The summed E-state index contributed by atoms with van der Waals surface area (Å²) < 4.78 is 27.7. The van der Waals surface area contributed by atoms with E-state index in [-0.39, 0.29) is 10.9 Å². The molecule has 0 aliphatic rings. The van der Waals surface area contributed by atoms with E-state index < -0.39 is 10.0 Å². The van der Waals surface area contributed by atoms with Crippen LogP contribution in [0.2, 0.25) is 0 Å². The van der Waals surface area contributed by atoms with E-state index in [9.17, 15) is 8.42 Å². The second-order valence-electron chi connectivity index (χ2n) is 4.76. The van der Waals surface area contributed by atoms with Gasteiger partial charge in [0.2, 0.25) is 10.0 Å². The van der Waals surface area contributed by atoms with Crippen LogP contribution < -0.4 is 10.5 Å². The summed E-state index contributed by atoms with van der Waals surface area (Å²) in [4.78, 5) is 0.140. The molecule has 1 atom stereocenters. The molecule has 0 aromatic heterocycles. The van der Waals surface area contributed by atoms with Crippen LogP contribution in [0.25, 0.3) is 0 Å². The molecule has 1 rings (SSSR count). The summed E-state index contributed by atoms with van der Waals surface area (Å²) in [5.41, 5.74) is 1.03. The van der Waals surface area contributed by atoms with Gasteiger partial charge in [-0.15, -0.1) is 0 Å². The molecule has 20 heavy (non-hydrogen) atoms. The van der Waals surface area contributed by atoms with E-state index in [1.807, 2.05) is 6.92 Å². The fourth-order valence-corrected chi connectivity index (χ4v) is 2.32. The molecule has 1 aromatic carbocycles. The number of rotatable bonds is 9. The monoisotopic (exact) mass is 300 g/mol. The van der Waals surface area contributed by atoms with Gasteiger partial charge in [-0.05, 0) is 44.0 Å². The fourth-order valence-electron chi connectivity index (χ4n) is 1.80. The first-order chi connectivity index (χ1) is 9.45. The standard InChI is InChI=1S/C14H24N2O3S/c1-3-10-19-11-4-9-16-12(2)13-5-7-14(8-6-13)20(15,17)18/h5-8,12,16H,3-4,9-11H2,1-2H3,(H2,15,17,18). The number of sulfonamides is 1. The highest BCUT2D eigenvalue weighted by Gasteiger charge is 2.09. The molecule has 5 nitrogen and oxygen atoms in total. The van der Waals surface area contributed by atoms with E-state index in [0.717, 1.165) is 38.2 Å². The van der Waals surface area contributed by atoms with Crippen molar-refractivity contribution in [3.63, 3.8) is 0 Å². The van der Waals surface area contributed by atoms with Crippen molar-refractivity contribution in [2.24, 2.45) is 5.14 Å². The summed E-state index contributed by atoms with van der Waals surface area (Å²) in [7, 11) is -3.61. The lowest BCUT2D eigenvalue weighted by Gasteiger charge is -2.14. The topological polar surface area (TPSA) is 81.4 Å². The number of nitrogens with two attached hydrogens (primary N) is 1. The highest BCUT2D eigenvalue weighted by molar-refractivity contribution is 7.89. The van der Waals surface area contributed by atoms with Gasteiger partial charge in [0.15, 0.2) is 0 Å². The molecule has 0 radical (unpaired) electrons. The van der Waals surface area contributed by atoms with Crippen molar-refractivity contribution in [2.75, 3.05) is 19.8 Å². The maximum absolute atomic E-state index is 11.2. The number of hydrogen-bond donors (Lipinski definition) is 2. The molecule has 6 heteroatoms. The molecule has 0 spiro atoms. The number of nitrogens with one attached hydrogen (secondary N) is 1. The Hall–Kier alpha value is -0.950. The molecular weight excluding hydrogens is 276 g/mol. The maximum Gasteiger partial charge on any atom is 0.238 e. The summed E-state index contributed by atoms with van der Waals surface area (Å²) in [6.45, 7) is 6.56. The minimum atomic E-state index is -3.61. The van der Waals surface area contributed by atoms with Gasteiger partial charge in [0, 0.05) is 19.3 Å². The lowest BCUT2D eigenvalue weighted by Crippen LogP contribution is -2.21. The zero-order valence-electron chi connectivity index (χ0n) is 12.1. The second-order valence-corrected chi connectivity index (χ2v) is 6.32. The third-order valence-corrected chi connectivity index (χ3v) is 3.90. The molecule has 1 unspecified atom stereocenters. The Balaban J connectivity index is 2.38.